The highest BCUT2D eigenvalue weighted by atomic mass is 32.1. The average Bonchev–Trinajstić information content (AvgIpc) is 2.72. The largest absolute Gasteiger partial charge is 0.393 e. The van der Waals surface area contributed by atoms with Gasteiger partial charge in [-0.1, -0.05) is 6.42 Å². The van der Waals surface area contributed by atoms with Crippen molar-refractivity contribution in [3.8, 4) is 0 Å². The molecule has 0 amide bonds. The van der Waals surface area contributed by atoms with Gasteiger partial charge in [-0.15, -0.1) is 0 Å². The summed E-state index contributed by atoms with van der Waals surface area (Å²) in [6, 6.07) is 2.19. The number of aryl methyl sites for hydroxylation is 1. The van der Waals surface area contributed by atoms with E-state index in [9.17, 15) is 5.11 Å². The number of rotatable bonds is 3. The Labute approximate surface area is 83.4 Å². The number of hydrogen-bond acceptors (Lipinski definition) is 2. The van der Waals surface area contributed by atoms with Crippen molar-refractivity contribution in [2.45, 2.75) is 38.2 Å². The maximum Gasteiger partial charge on any atom is 0.0568 e. The Morgan fingerprint density at radius 2 is 2.38 bits per heavy atom. The molecule has 1 aliphatic carbocycles. The van der Waals surface area contributed by atoms with E-state index in [1.54, 1.807) is 11.3 Å². The van der Waals surface area contributed by atoms with Crippen molar-refractivity contribution in [3.63, 3.8) is 0 Å². The average molecular weight is 196 g/mol. The molecular weight excluding hydrogens is 180 g/mol. The third kappa shape index (κ3) is 2.32. The quantitative estimate of drug-likeness (QED) is 0.788. The van der Waals surface area contributed by atoms with Crippen LogP contribution in [-0.2, 0) is 6.42 Å². The van der Waals surface area contributed by atoms with Crippen LogP contribution in [0.25, 0.3) is 0 Å². The topological polar surface area (TPSA) is 20.2 Å². The predicted molar refractivity (Wildman–Crippen MR) is 56.0 cm³/mol. The third-order valence-electron chi connectivity index (χ3n) is 3.00. The predicted octanol–water partition coefficient (Wildman–Crippen LogP) is 2.84. The maximum absolute atomic E-state index is 9.62. The molecule has 2 rings (SSSR count). The van der Waals surface area contributed by atoms with E-state index in [1.165, 1.54) is 18.4 Å². The number of aliphatic hydroxyl groups excluding tert-OH is 1. The summed E-state index contributed by atoms with van der Waals surface area (Å²) in [6.45, 7) is 0. The van der Waals surface area contributed by atoms with Gasteiger partial charge < -0.3 is 5.11 Å². The van der Waals surface area contributed by atoms with Gasteiger partial charge in [-0.25, -0.2) is 0 Å². The number of hydrogen-bond donors (Lipinski definition) is 1. The van der Waals surface area contributed by atoms with Crippen LogP contribution in [0.15, 0.2) is 16.8 Å². The first-order chi connectivity index (χ1) is 6.36. The summed E-state index contributed by atoms with van der Waals surface area (Å²) >= 11 is 1.76. The van der Waals surface area contributed by atoms with E-state index < -0.39 is 0 Å². The van der Waals surface area contributed by atoms with E-state index in [0.29, 0.717) is 5.92 Å². The van der Waals surface area contributed by atoms with Crippen molar-refractivity contribution in [2.24, 2.45) is 5.92 Å². The minimum Gasteiger partial charge on any atom is -0.393 e. The second-order valence-corrected chi connectivity index (χ2v) is 4.71. The van der Waals surface area contributed by atoms with Gasteiger partial charge in [-0.05, 0) is 54.0 Å². The SMILES string of the molecule is OC1CCCC1CCc1ccsc1. The molecule has 1 aromatic rings. The van der Waals surface area contributed by atoms with Crippen molar-refractivity contribution in [1.29, 1.82) is 0 Å². The van der Waals surface area contributed by atoms with E-state index in [1.807, 2.05) is 0 Å². The fraction of sp³-hybridized carbons (Fsp3) is 0.636. The molecule has 0 aromatic carbocycles. The van der Waals surface area contributed by atoms with Crippen LogP contribution in [0.5, 0.6) is 0 Å². The summed E-state index contributed by atoms with van der Waals surface area (Å²) in [5.74, 6) is 0.569. The summed E-state index contributed by atoms with van der Waals surface area (Å²) in [5.41, 5.74) is 1.43. The molecule has 1 heterocycles. The molecule has 0 saturated heterocycles. The standard InChI is InChI=1S/C11H16OS/c12-11-3-1-2-10(11)5-4-9-6-7-13-8-9/h6-8,10-12H,1-5H2. The molecule has 1 fully saturated rings. The lowest BCUT2D eigenvalue weighted by Gasteiger charge is -2.12. The van der Waals surface area contributed by atoms with E-state index in [2.05, 4.69) is 16.8 Å². The first-order valence-corrected chi connectivity index (χ1v) is 5.99. The highest BCUT2D eigenvalue weighted by Gasteiger charge is 2.24. The van der Waals surface area contributed by atoms with Gasteiger partial charge >= 0.3 is 0 Å². The van der Waals surface area contributed by atoms with Crippen molar-refractivity contribution >= 4 is 11.3 Å². The van der Waals surface area contributed by atoms with E-state index >= 15 is 0 Å². The lowest BCUT2D eigenvalue weighted by Crippen LogP contribution is -2.13. The Morgan fingerprint density at radius 1 is 1.46 bits per heavy atom. The molecule has 2 atom stereocenters. The molecule has 1 saturated carbocycles. The van der Waals surface area contributed by atoms with Crippen molar-refractivity contribution < 1.29 is 5.11 Å². The van der Waals surface area contributed by atoms with Gasteiger partial charge in [0.05, 0.1) is 6.10 Å². The van der Waals surface area contributed by atoms with Crippen molar-refractivity contribution in [3.05, 3.63) is 22.4 Å². The normalized spacial score (nSPS) is 28.1. The van der Waals surface area contributed by atoms with Crippen LogP contribution in [-0.4, -0.2) is 11.2 Å². The molecule has 1 N–H and O–H groups in total. The van der Waals surface area contributed by atoms with Gasteiger partial charge in [0.2, 0.25) is 0 Å². The summed E-state index contributed by atoms with van der Waals surface area (Å²) in [7, 11) is 0. The van der Waals surface area contributed by atoms with Gasteiger partial charge in [0.25, 0.3) is 0 Å². The van der Waals surface area contributed by atoms with Crippen LogP contribution in [0.1, 0.15) is 31.2 Å². The van der Waals surface area contributed by atoms with Gasteiger partial charge in [-0.2, -0.15) is 11.3 Å². The van der Waals surface area contributed by atoms with Gasteiger partial charge in [0.15, 0.2) is 0 Å². The summed E-state index contributed by atoms with van der Waals surface area (Å²) in [6.07, 6.45) is 5.76. The monoisotopic (exact) mass is 196 g/mol. The Balaban J connectivity index is 1.79. The molecule has 2 heteroatoms. The number of thiophene rings is 1. The Bertz CT molecular complexity index is 243. The molecule has 72 valence electrons. The molecule has 0 aliphatic heterocycles. The molecule has 1 aliphatic rings. The van der Waals surface area contributed by atoms with E-state index in [0.717, 1.165) is 19.3 Å². The molecule has 2 unspecified atom stereocenters. The first kappa shape index (κ1) is 9.22. The zero-order chi connectivity index (χ0) is 9.10. The lowest BCUT2D eigenvalue weighted by molar-refractivity contribution is 0.128. The Hall–Kier alpha value is -0.340. The van der Waals surface area contributed by atoms with Crippen LogP contribution in [0.4, 0.5) is 0 Å². The van der Waals surface area contributed by atoms with Gasteiger partial charge in [-0.3, -0.25) is 0 Å². The first-order valence-electron chi connectivity index (χ1n) is 5.05. The summed E-state index contributed by atoms with van der Waals surface area (Å²) in [5, 5.41) is 14.0. The molecular formula is C11H16OS. The van der Waals surface area contributed by atoms with Crippen molar-refractivity contribution in [2.75, 3.05) is 0 Å². The summed E-state index contributed by atoms with van der Waals surface area (Å²) in [4.78, 5) is 0. The minimum absolute atomic E-state index is 0.0152. The van der Waals surface area contributed by atoms with Crippen LogP contribution in [0.3, 0.4) is 0 Å². The maximum atomic E-state index is 9.62. The molecule has 0 spiro atoms. The third-order valence-corrected chi connectivity index (χ3v) is 3.73. The zero-order valence-corrected chi connectivity index (χ0v) is 8.59. The van der Waals surface area contributed by atoms with Gasteiger partial charge in [0, 0.05) is 0 Å². The molecule has 0 radical (unpaired) electrons. The van der Waals surface area contributed by atoms with Crippen LogP contribution < -0.4 is 0 Å². The lowest BCUT2D eigenvalue weighted by atomic mass is 9.98. The van der Waals surface area contributed by atoms with Gasteiger partial charge in [0.1, 0.15) is 0 Å². The fourth-order valence-electron chi connectivity index (χ4n) is 2.14. The molecule has 13 heavy (non-hydrogen) atoms. The van der Waals surface area contributed by atoms with E-state index in [4.69, 9.17) is 0 Å². The van der Waals surface area contributed by atoms with Crippen LogP contribution in [0, 0.1) is 5.92 Å². The molecule has 0 bridgehead atoms. The highest BCUT2D eigenvalue weighted by molar-refractivity contribution is 7.07. The Kier molecular flexibility index (Phi) is 3.01. The van der Waals surface area contributed by atoms with Crippen LogP contribution in [0.2, 0.25) is 0 Å². The van der Waals surface area contributed by atoms with Crippen LogP contribution >= 0.6 is 11.3 Å². The zero-order valence-electron chi connectivity index (χ0n) is 7.78. The number of aliphatic hydroxyl groups is 1. The van der Waals surface area contributed by atoms with Crippen molar-refractivity contribution in [1.82, 2.24) is 0 Å². The smallest absolute Gasteiger partial charge is 0.0568 e. The molecule has 1 aromatic heterocycles. The fourth-order valence-corrected chi connectivity index (χ4v) is 2.84. The second kappa shape index (κ2) is 4.25. The summed E-state index contributed by atoms with van der Waals surface area (Å²) < 4.78 is 0. The minimum atomic E-state index is -0.0152. The Morgan fingerprint density at radius 3 is 3.00 bits per heavy atom. The van der Waals surface area contributed by atoms with E-state index in [-0.39, 0.29) is 6.10 Å². The highest BCUT2D eigenvalue weighted by Crippen LogP contribution is 2.29. The molecule has 1 nitrogen and oxygen atoms in total. The second-order valence-electron chi connectivity index (χ2n) is 3.93.